The third kappa shape index (κ3) is 3.92. The van der Waals surface area contributed by atoms with Gasteiger partial charge in [-0.3, -0.25) is 14.4 Å². The van der Waals surface area contributed by atoms with Crippen molar-refractivity contribution in [2.75, 3.05) is 18.5 Å². The van der Waals surface area contributed by atoms with Crippen LogP contribution in [0.3, 0.4) is 0 Å². The summed E-state index contributed by atoms with van der Waals surface area (Å²) in [6, 6.07) is 8.71. The fourth-order valence-corrected chi connectivity index (χ4v) is 8.03. The molecule has 7 nitrogen and oxygen atoms in total. The van der Waals surface area contributed by atoms with Crippen molar-refractivity contribution in [1.82, 2.24) is 10.2 Å². The fraction of sp³-hybridized carbons (Fsp3) is 0.625. The van der Waals surface area contributed by atoms with Gasteiger partial charge in [-0.2, -0.15) is 0 Å². The molecule has 1 aromatic rings. The number of thioether (sulfide) groups is 1. The Hall–Kier alpha value is -2.06. The standard InChI is InChI=1S/C24H33N3O4S/c1-3-8-15(2)25-22(30)20-24-12-11-17(32-24)18(19(24)23(31)27(20)13-7-14-28)21(29)26-16-9-5-4-6-10-16/h4-6,9-10,15,17-20,28H,3,7-8,11-14H2,1-2H3,(H,25,30)(H,26,29)/t15?,17-,18+,19+,20?,24?/m1/s1. The van der Waals surface area contributed by atoms with Crippen LogP contribution in [0.15, 0.2) is 30.3 Å². The molecule has 3 heterocycles. The second kappa shape index (κ2) is 9.43. The van der Waals surface area contributed by atoms with Crippen LogP contribution < -0.4 is 10.6 Å². The molecule has 8 heteroatoms. The number of rotatable bonds is 9. The molecule has 3 saturated heterocycles. The minimum atomic E-state index is -0.601. The quantitative estimate of drug-likeness (QED) is 0.527. The van der Waals surface area contributed by atoms with E-state index in [9.17, 15) is 19.5 Å². The van der Waals surface area contributed by atoms with Gasteiger partial charge in [-0.15, -0.1) is 11.8 Å². The molecule has 1 aromatic carbocycles. The summed E-state index contributed by atoms with van der Waals surface area (Å²) in [6.07, 6.45) is 3.83. The Labute approximate surface area is 193 Å². The lowest BCUT2D eigenvalue weighted by Crippen LogP contribution is -2.55. The van der Waals surface area contributed by atoms with Crippen molar-refractivity contribution in [3.05, 3.63) is 30.3 Å². The SMILES string of the molecule is CCCC(C)NC(=O)C1N(CCCO)C(=O)[C@@H]2[C@@H](C(=O)Nc3ccccc3)[C@H]3CCC12S3. The van der Waals surface area contributed by atoms with Crippen LogP contribution in [0.5, 0.6) is 0 Å². The predicted molar refractivity (Wildman–Crippen MR) is 125 cm³/mol. The Balaban J connectivity index is 1.62. The lowest BCUT2D eigenvalue weighted by atomic mass is 9.70. The molecular weight excluding hydrogens is 426 g/mol. The van der Waals surface area contributed by atoms with E-state index in [0.717, 1.165) is 25.7 Å². The molecule has 6 atom stereocenters. The lowest BCUT2D eigenvalue weighted by Gasteiger charge is -2.34. The summed E-state index contributed by atoms with van der Waals surface area (Å²) in [5.74, 6) is -1.35. The fourth-order valence-electron chi connectivity index (χ4n) is 5.81. The molecule has 3 aliphatic rings. The van der Waals surface area contributed by atoms with Crippen molar-refractivity contribution >= 4 is 35.2 Å². The number of anilines is 1. The van der Waals surface area contributed by atoms with E-state index in [2.05, 4.69) is 17.6 Å². The number of hydrogen-bond donors (Lipinski definition) is 3. The molecule has 3 amide bonds. The van der Waals surface area contributed by atoms with Gasteiger partial charge in [0.05, 0.1) is 16.6 Å². The second-order valence-corrected chi connectivity index (χ2v) is 10.8. The van der Waals surface area contributed by atoms with Crippen LogP contribution in [0.25, 0.3) is 0 Å². The summed E-state index contributed by atoms with van der Waals surface area (Å²) in [5, 5.41) is 15.5. The lowest BCUT2D eigenvalue weighted by molar-refractivity contribution is -0.139. The van der Waals surface area contributed by atoms with Gasteiger partial charge in [0.1, 0.15) is 6.04 Å². The first-order valence-corrected chi connectivity index (χ1v) is 12.6. The van der Waals surface area contributed by atoms with E-state index in [1.165, 1.54) is 0 Å². The number of aliphatic hydroxyl groups is 1. The molecule has 2 bridgehead atoms. The maximum atomic E-state index is 13.6. The maximum absolute atomic E-state index is 13.6. The van der Waals surface area contributed by atoms with Crippen LogP contribution in [0.4, 0.5) is 5.69 Å². The van der Waals surface area contributed by atoms with Gasteiger partial charge in [0.2, 0.25) is 17.7 Å². The van der Waals surface area contributed by atoms with Gasteiger partial charge in [0, 0.05) is 30.1 Å². The van der Waals surface area contributed by atoms with Gasteiger partial charge >= 0.3 is 0 Å². The van der Waals surface area contributed by atoms with Crippen molar-refractivity contribution in [3.8, 4) is 0 Å². The molecule has 1 spiro atoms. The highest BCUT2D eigenvalue weighted by molar-refractivity contribution is 8.02. The zero-order chi connectivity index (χ0) is 22.9. The summed E-state index contributed by atoms with van der Waals surface area (Å²) < 4.78 is -0.577. The van der Waals surface area contributed by atoms with E-state index in [4.69, 9.17) is 0 Å². The average Bonchev–Trinajstić information content (AvgIpc) is 3.40. The number of benzene rings is 1. The smallest absolute Gasteiger partial charge is 0.244 e. The summed E-state index contributed by atoms with van der Waals surface area (Å²) in [6.45, 7) is 4.34. The number of fused-ring (bicyclic) bond motifs is 1. The van der Waals surface area contributed by atoms with E-state index in [0.29, 0.717) is 18.7 Å². The monoisotopic (exact) mass is 459 g/mol. The molecular formula is C24H33N3O4S. The van der Waals surface area contributed by atoms with Crippen LogP contribution in [0.1, 0.15) is 46.0 Å². The molecule has 3 aliphatic heterocycles. The molecule has 32 heavy (non-hydrogen) atoms. The van der Waals surface area contributed by atoms with Crippen molar-refractivity contribution < 1.29 is 19.5 Å². The van der Waals surface area contributed by atoms with Crippen LogP contribution in [0, 0.1) is 11.8 Å². The Morgan fingerprint density at radius 1 is 1.28 bits per heavy atom. The van der Waals surface area contributed by atoms with E-state index in [1.807, 2.05) is 37.3 Å². The van der Waals surface area contributed by atoms with Gasteiger partial charge in [0.25, 0.3) is 0 Å². The largest absolute Gasteiger partial charge is 0.396 e. The van der Waals surface area contributed by atoms with E-state index < -0.39 is 22.6 Å². The number of likely N-dealkylation sites (tertiary alicyclic amines) is 1. The molecule has 0 aromatic heterocycles. The summed E-state index contributed by atoms with van der Waals surface area (Å²) in [5.41, 5.74) is 0.713. The number of aliphatic hydroxyl groups excluding tert-OH is 1. The molecule has 0 radical (unpaired) electrons. The molecule has 174 valence electrons. The summed E-state index contributed by atoms with van der Waals surface area (Å²) in [7, 11) is 0. The normalized spacial score (nSPS) is 31.5. The summed E-state index contributed by atoms with van der Waals surface area (Å²) >= 11 is 1.67. The van der Waals surface area contributed by atoms with E-state index in [-0.39, 0.29) is 35.6 Å². The van der Waals surface area contributed by atoms with Gasteiger partial charge in [-0.05, 0) is 44.7 Å². The minimum Gasteiger partial charge on any atom is -0.396 e. The van der Waals surface area contributed by atoms with E-state index in [1.54, 1.807) is 16.7 Å². The highest BCUT2D eigenvalue weighted by atomic mass is 32.2. The van der Waals surface area contributed by atoms with E-state index >= 15 is 0 Å². The molecule has 3 unspecified atom stereocenters. The van der Waals surface area contributed by atoms with Crippen molar-refractivity contribution in [2.45, 2.75) is 68.0 Å². The first-order valence-electron chi connectivity index (χ1n) is 11.7. The van der Waals surface area contributed by atoms with Crippen molar-refractivity contribution in [1.29, 1.82) is 0 Å². The second-order valence-electron chi connectivity index (χ2n) is 9.22. The Bertz CT molecular complexity index is 866. The average molecular weight is 460 g/mol. The highest BCUT2D eigenvalue weighted by Gasteiger charge is 2.73. The van der Waals surface area contributed by atoms with Crippen molar-refractivity contribution in [2.24, 2.45) is 11.8 Å². The van der Waals surface area contributed by atoms with Gasteiger partial charge < -0.3 is 20.6 Å². The molecule has 3 N–H and O–H groups in total. The number of nitrogens with zero attached hydrogens (tertiary/aromatic N) is 1. The zero-order valence-corrected chi connectivity index (χ0v) is 19.6. The first-order chi connectivity index (χ1) is 15.4. The van der Waals surface area contributed by atoms with Gasteiger partial charge in [-0.1, -0.05) is 31.5 Å². The summed E-state index contributed by atoms with van der Waals surface area (Å²) in [4.78, 5) is 42.1. The molecule has 4 rings (SSSR count). The van der Waals surface area contributed by atoms with Crippen LogP contribution in [0.2, 0.25) is 0 Å². The van der Waals surface area contributed by atoms with Crippen molar-refractivity contribution in [3.63, 3.8) is 0 Å². The number of nitrogens with one attached hydrogen (secondary N) is 2. The van der Waals surface area contributed by atoms with Gasteiger partial charge in [-0.25, -0.2) is 0 Å². The first kappa shape index (κ1) is 23.1. The Morgan fingerprint density at radius 2 is 2.03 bits per heavy atom. The molecule has 0 aliphatic carbocycles. The number of para-hydroxylation sites is 1. The maximum Gasteiger partial charge on any atom is 0.244 e. The number of carbonyl (C=O) groups excluding carboxylic acids is 3. The van der Waals surface area contributed by atoms with Gasteiger partial charge in [0.15, 0.2) is 0 Å². The molecule has 0 saturated carbocycles. The number of amides is 3. The molecule has 3 fully saturated rings. The van der Waals surface area contributed by atoms with Crippen LogP contribution in [-0.4, -0.2) is 63.0 Å². The van der Waals surface area contributed by atoms with Crippen LogP contribution >= 0.6 is 11.8 Å². The third-order valence-corrected chi connectivity index (χ3v) is 9.01. The predicted octanol–water partition coefficient (Wildman–Crippen LogP) is 2.40. The minimum absolute atomic E-state index is 0.0264. The number of carbonyl (C=O) groups is 3. The highest BCUT2D eigenvalue weighted by Crippen LogP contribution is 2.66. The topological polar surface area (TPSA) is 98.7 Å². The third-order valence-electron chi connectivity index (χ3n) is 7.06. The Kier molecular flexibility index (Phi) is 6.81. The zero-order valence-electron chi connectivity index (χ0n) is 18.8. The number of hydrogen-bond acceptors (Lipinski definition) is 5. The Morgan fingerprint density at radius 3 is 2.72 bits per heavy atom. The van der Waals surface area contributed by atoms with Crippen LogP contribution in [-0.2, 0) is 14.4 Å².